The summed E-state index contributed by atoms with van der Waals surface area (Å²) in [5.41, 5.74) is 0.0444. The van der Waals surface area contributed by atoms with E-state index < -0.39 is 11.7 Å². The van der Waals surface area contributed by atoms with Crippen LogP contribution in [0.2, 0.25) is 0 Å². The van der Waals surface area contributed by atoms with Gasteiger partial charge in [0.15, 0.2) is 11.5 Å². The third-order valence-corrected chi connectivity index (χ3v) is 4.63. The van der Waals surface area contributed by atoms with Gasteiger partial charge < -0.3 is 14.8 Å². The summed E-state index contributed by atoms with van der Waals surface area (Å²) in [6, 6.07) is 7.37. The molecule has 1 aliphatic rings. The molecule has 26 heavy (non-hydrogen) atoms. The van der Waals surface area contributed by atoms with Crippen LogP contribution < -0.4 is 14.8 Å². The predicted octanol–water partition coefficient (Wildman–Crippen LogP) is 3.80. The first kappa shape index (κ1) is 18.4. The van der Waals surface area contributed by atoms with Crippen LogP contribution in [0, 0.1) is 0 Å². The Morgan fingerprint density at radius 3 is 2.73 bits per heavy atom. The molecule has 1 unspecified atom stereocenters. The number of thioether (sulfide) groups is 1. The van der Waals surface area contributed by atoms with Gasteiger partial charge in [0.05, 0.1) is 22.4 Å². The number of benzene rings is 1. The highest BCUT2D eigenvalue weighted by Gasteiger charge is 2.30. The molecule has 0 bridgehead atoms. The molecule has 1 atom stereocenters. The molecular weight excluding hydrogens is 369 g/mol. The Balaban J connectivity index is 1.52. The number of alkyl halides is 3. The van der Waals surface area contributed by atoms with Crippen molar-refractivity contribution in [2.24, 2.45) is 0 Å². The van der Waals surface area contributed by atoms with E-state index in [4.69, 9.17) is 9.47 Å². The lowest BCUT2D eigenvalue weighted by Gasteiger charge is -2.14. The first-order valence-electron chi connectivity index (χ1n) is 7.68. The average molecular weight is 384 g/mol. The maximum Gasteiger partial charge on any atom is 0.417 e. The molecule has 0 aliphatic carbocycles. The largest absolute Gasteiger partial charge is 0.454 e. The summed E-state index contributed by atoms with van der Waals surface area (Å²) >= 11 is 1.07. The molecule has 0 fully saturated rings. The van der Waals surface area contributed by atoms with Crippen molar-refractivity contribution < 1.29 is 27.4 Å². The van der Waals surface area contributed by atoms with Gasteiger partial charge in [-0.1, -0.05) is 17.8 Å². The van der Waals surface area contributed by atoms with E-state index in [1.54, 1.807) is 12.1 Å². The molecule has 0 saturated heterocycles. The van der Waals surface area contributed by atoms with E-state index in [1.807, 2.05) is 13.0 Å². The van der Waals surface area contributed by atoms with Gasteiger partial charge >= 0.3 is 6.18 Å². The maximum absolute atomic E-state index is 12.5. The zero-order valence-corrected chi connectivity index (χ0v) is 14.5. The summed E-state index contributed by atoms with van der Waals surface area (Å²) < 4.78 is 48.0. The van der Waals surface area contributed by atoms with Crippen molar-refractivity contribution in [3.05, 3.63) is 47.7 Å². The number of aromatic nitrogens is 1. The minimum Gasteiger partial charge on any atom is -0.454 e. The van der Waals surface area contributed by atoms with E-state index in [2.05, 4.69) is 10.3 Å². The van der Waals surface area contributed by atoms with E-state index in [-0.39, 0.29) is 24.5 Å². The molecule has 3 rings (SSSR count). The Hall–Kier alpha value is -2.42. The third-order valence-electron chi connectivity index (χ3n) is 3.69. The molecule has 9 heteroatoms. The van der Waals surface area contributed by atoms with Gasteiger partial charge in [0.2, 0.25) is 12.7 Å². The molecule has 1 aromatic heterocycles. The molecule has 1 amide bonds. The van der Waals surface area contributed by atoms with Crippen LogP contribution >= 0.6 is 11.8 Å². The van der Waals surface area contributed by atoms with Crippen LogP contribution in [0.15, 0.2) is 41.6 Å². The van der Waals surface area contributed by atoms with E-state index in [0.717, 1.165) is 29.6 Å². The first-order valence-corrected chi connectivity index (χ1v) is 8.66. The maximum atomic E-state index is 12.5. The van der Waals surface area contributed by atoms with E-state index in [1.165, 1.54) is 6.07 Å². The number of hydrogen-bond donors (Lipinski definition) is 1. The normalized spacial score (nSPS) is 14.2. The number of carbonyl (C=O) groups is 1. The molecule has 1 N–H and O–H groups in total. The number of ether oxygens (including phenoxy) is 2. The second-order valence-corrected chi connectivity index (χ2v) is 6.57. The predicted molar refractivity (Wildman–Crippen MR) is 89.1 cm³/mol. The SMILES string of the molecule is CC(NC(=O)CSc1ccc(C(F)(F)F)cn1)c1ccc2c(c1)OCO2. The van der Waals surface area contributed by atoms with Crippen molar-refractivity contribution in [3.8, 4) is 11.5 Å². The lowest BCUT2D eigenvalue weighted by Crippen LogP contribution is -2.28. The standard InChI is InChI=1S/C17H15F3N2O3S/c1-10(11-2-4-13-14(6-11)25-9-24-13)22-15(23)8-26-16-5-3-12(7-21-16)17(18,19)20/h2-7,10H,8-9H2,1H3,(H,22,23). The number of rotatable bonds is 5. The third kappa shape index (κ3) is 4.40. The fraction of sp³-hybridized carbons (Fsp3) is 0.294. The molecule has 0 saturated carbocycles. The van der Waals surface area contributed by atoms with Crippen LogP contribution in [0.4, 0.5) is 13.2 Å². The van der Waals surface area contributed by atoms with Crippen LogP contribution in [0.1, 0.15) is 24.1 Å². The molecule has 0 radical (unpaired) electrons. The van der Waals surface area contributed by atoms with Crippen molar-refractivity contribution in [1.29, 1.82) is 0 Å². The van der Waals surface area contributed by atoms with Gasteiger partial charge in [-0.15, -0.1) is 0 Å². The monoisotopic (exact) mass is 384 g/mol. The molecule has 2 aromatic rings. The zero-order valence-electron chi connectivity index (χ0n) is 13.7. The van der Waals surface area contributed by atoms with Gasteiger partial charge in [-0.3, -0.25) is 4.79 Å². The lowest BCUT2D eigenvalue weighted by atomic mass is 10.1. The highest BCUT2D eigenvalue weighted by molar-refractivity contribution is 7.99. The first-order chi connectivity index (χ1) is 12.3. The number of halogens is 3. The van der Waals surface area contributed by atoms with Gasteiger partial charge in [-0.2, -0.15) is 13.2 Å². The Labute approximate surface area is 151 Å². The Bertz CT molecular complexity index is 797. The van der Waals surface area contributed by atoms with Gasteiger partial charge in [0.25, 0.3) is 0 Å². The van der Waals surface area contributed by atoms with Crippen molar-refractivity contribution in [2.75, 3.05) is 12.5 Å². The average Bonchev–Trinajstić information content (AvgIpc) is 3.07. The van der Waals surface area contributed by atoms with Crippen molar-refractivity contribution in [3.63, 3.8) is 0 Å². The number of carbonyl (C=O) groups excluding carboxylic acids is 1. The van der Waals surface area contributed by atoms with Crippen LogP contribution in [-0.2, 0) is 11.0 Å². The number of nitrogens with zero attached hydrogens (tertiary/aromatic N) is 1. The van der Waals surface area contributed by atoms with Gasteiger partial charge in [-0.05, 0) is 36.8 Å². The number of pyridine rings is 1. The minimum atomic E-state index is -4.42. The minimum absolute atomic E-state index is 0.0489. The summed E-state index contributed by atoms with van der Waals surface area (Å²) in [5.74, 6) is 1.10. The summed E-state index contributed by atoms with van der Waals surface area (Å²) in [5, 5.41) is 3.18. The second kappa shape index (κ2) is 7.45. The van der Waals surface area contributed by atoms with Crippen molar-refractivity contribution in [2.45, 2.75) is 24.2 Å². The summed E-state index contributed by atoms with van der Waals surface area (Å²) in [4.78, 5) is 15.8. The van der Waals surface area contributed by atoms with Crippen LogP contribution in [0.5, 0.6) is 11.5 Å². The molecular formula is C17H15F3N2O3S. The van der Waals surface area contributed by atoms with Gasteiger partial charge in [0, 0.05) is 6.20 Å². The second-order valence-electron chi connectivity index (χ2n) is 5.57. The molecule has 5 nitrogen and oxygen atoms in total. The number of amides is 1. The molecule has 2 heterocycles. The fourth-order valence-electron chi connectivity index (χ4n) is 2.32. The smallest absolute Gasteiger partial charge is 0.417 e. The fourth-order valence-corrected chi connectivity index (χ4v) is 2.98. The molecule has 0 spiro atoms. The summed E-state index contributed by atoms with van der Waals surface area (Å²) in [6.07, 6.45) is -3.66. The number of nitrogens with one attached hydrogen (secondary N) is 1. The quantitative estimate of drug-likeness (QED) is 0.795. The van der Waals surface area contributed by atoms with E-state index in [0.29, 0.717) is 16.5 Å². The molecule has 1 aromatic carbocycles. The number of hydrogen-bond acceptors (Lipinski definition) is 5. The van der Waals surface area contributed by atoms with Crippen LogP contribution in [-0.4, -0.2) is 23.4 Å². The van der Waals surface area contributed by atoms with E-state index in [9.17, 15) is 18.0 Å². The van der Waals surface area contributed by atoms with Crippen molar-refractivity contribution in [1.82, 2.24) is 10.3 Å². The Kier molecular flexibility index (Phi) is 5.26. The summed E-state index contributed by atoms with van der Waals surface area (Å²) in [7, 11) is 0. The highest BCUT2D eigenvalue weighted by Crippen LogP contribution is 2.34. The zero-order chi connectivity index (χ0) is 18.7. The van der Waals surface area contributed by atoms with E-state index >= 15 is 0 Å². The lowest BCUT2D eigenvalue weighted by molar-refractivity contribution is -0.137. The molecule has 138 valence electrons. The van der Waals surface area contributed by atoms with Crippen molar-refractivity contribution >= 4 is 17.7 Å². The Morgan fingerprint density at radius 1 is 1.27 bits per heavy atom. The van der Waals surface area contributed by atoms with Gasteiger partial charge in [0.1, 0.15) is 0 Å². The van der Waals surface area contributed by atoms with Gasteiger partial charge in [-0.25, -0.2) is 4.98 Å². The van der Waals surface area contributed by atoms with Crippen LogP contribution in [0.3, 0.4) is 0 Å². The number of fused-ring (bicyclic) bond motifs is 1. The highest BCUT2D eigenvalue weighted by atomic mass is 32.2. The molecule has 1 aliphatic heterocycles. The summed E-state index contributed by atoms with van der Waals surface area (Å²) in [6.45, 7) is 2.01. The topological polar surface area (TPSA) is 60.5 Å². The van der Waals surface area contributed by atoms with Crippen LogP contribution in [0.25, 0.3) is 0 Å². The Morgan fingerprint density at radius 2 is 2.04 bits per heavy atom.